The Morgan fingerprint density at radius 1 is 1.64 bits per heavy atom. The summed E-state index contributed by atoms with van der Waals surface area (Å²) < 4.78 is 0.316. The molecule has 56 valence electrons. The molecule has 1 aromatic heterocycles. The van der Waals surface area contributed by atoms with Gasteiger partial charge in [-0.05, 0) is 19.1 Å². The fourth-order valence-electron chi connectivity index (χ4n) is 0.637. The Kier molecular flexibility index (Phi) is 2.24. The van der Waals surface area contributed by atoms with E-state index in [1.807, 2.05) is 0 Å². The van der Waals surface area contributed by atoms with Crippen molar-refractivity contribution in [2.45, 2.75) is 6.92 Å². The SMILES string of the molecule is CC#Cc1c[nH]c(=S)[nH]c1=O. The van der Waals surface area contributed by atoms with Crippen molar-refractivity contribution >= 4 is 12.2 Å². The zero-order chi connectivity index (χ0) is 8.27. The van der Waals surface area contributed by atoms with Crippen LogP contribution in [-0.4, -0.2) is 9.97 Å². The largest absolute Gasteiger partial charge is 0.337 e. The van der Waals surface area contributed by atoms with Gasteiger partial charge in [-0.2, -0.15) is 0 Å². The van der Waals surface area contributed by atoms with Gasteiger partial charge in [0.25, 0.3) is 5.56 Å². The first-order valence-corrected chi connectivity index (χ1v) is 3.39. The number of nitrogens with one attached hydrogen (secondary N) is 2. The maximum Gasteiger partial charge on any atom is 0.267 e. The second-order valence-electron chi connectivity index (χ2n) is 1.86. The average molecular weight is 166 g/mol. The zero-order valence-corrected chi connectivity index (χ0v) is 6.71. The Labute approximate surface area is 68.5 Å². The van der Waals surface area contributed by atoms with Gasteiger partial charge in [-0.3, -0.25) is 9.78 Å². The molecule has 1 heterocycles. The van der Waals surface area contributed by atoms with Gasteiger partial charge in [-0.1, -0.05) is 5.92 Å². The molecular weight excluding hydrogens is 160 g/mol. The summed E-state index contributed by atoms with van der Waals surface area (Å²) in [6.45, 7) is 1.67. The predicted molar refractivity (Wildman–Crippen MR) is 44.8 cm³/mol. The minimum Gasteiger partial charge on any atom is -0.337 e. The summed E-state index contributed by atoms with van der Waals surface area (Å²) in [4.78, 5) is 16.1. The number of H-pyrrole nitrogens is 2. The molecule has 1 rings (SSSR count). The molecule has 2 N–H and O–H groups in total. The average Bonchev–Trinajstić information content (AvgIpc) is 1.95. The molecule has 0 saturated carbocycles. The van der Waals surface area contributed by atoms with Crippen LogP contribution in [0, 0.1) is 16.6 Å². The van der Waals surface area contributed by atoms with Crippen molar-refractivity contribution in [2.24, 2.45) is 0 Å². The van der Waals surface area contributed by atoms with Gasteiger partial charge in [0.05, 0.1) is 0 Å². The van der Waals surface area contributed by atoms with Gasteiger partial charge in [0.2, 0.25) is 0 Å². The molecule has 0 aliphatic rings. The number of hydrogen-bond acceptors (Lipinski definition) is 2. The van der Waals surface area contributed by atoms with Crippen LogP contribution in [0.15, 0.2) is 11.0 Å². The van der Waals surface area contributed by atoms with Gasteiger partial charge in [-0.25, -0.2) is 0 Å². The standard InChI is InChI=1S/C7H6N2OS/c1-2-3-5-4-8-7(11)9-6(5)10/h4H,1H3,(H2,8,9,10,11). The third kappa shape index (κ3) is 1.79. The molecule has 0 spiro atoms. The van der Waals surface area contributed by atoms with E-state index in [1.165, 1.54) is 6.20 Å². The van der Waals surface area contributed by atoms with Crippen molar-refractivity contribution in [2.75, 3.05) is 0 Å². The van der Waals surface area contributed by atoms with Crippen LogP contribution < -0.4 is 5.56 Å². The molecule has 0 aliphatic carbocycles. The first kappa shape index (κ1) is 7.76. The molecule has 0 unspecified atom stereocenters. The number of aromatic amines is 2. The third-order valence-electron chi connectivity index (χ3n) is 1.08. The highest BCUT2D eigenvalue weighted by Gasteiger charge is 1.91. The summed E-state index contributed by atoms with van der Waals surface area (Å²) in [5, 5.41) is 0. The van der Waals surface area contributed by atoms with Gasteiger partial charge in [0, 0.05) is 6.20 Å². The molecule has 0 amide bonds. The van der Waals surface area contributed by atoms with Crippen LogP contribution in [-0.2, 0) is 0 Å². The molecule has 0 fully saturated rings. The summed E-state index contributed by atoms with van der Waals surface area (Å²) >= 11 is 4.68. The smallest absolute Gasteiger partial charge is 0.267 e. The van der Waals surface area contributed by atoms with E-state index in [-0.39, 0.29) is 5.56 Å². The summed E-state index contributed by atoms with van der Waals surface area (Å²) in [6, 6.07) is 0. The summed E-state index contributed by atoms with van der Waals surface area (Å²) in [5.74, 6) is 5.25. The van der Waals surface area contributed by atoms with E-state index in [2.05, 4.69) is 34.0 Å². The van der Waals surface area contributed by atoms with Crippen molar-refractivity contribution in [3.8, 4) is 11.8 Å². The Morgan fingerprint density at radius 3 is 2.91 bits per heavy atom. The van der Waals surface area contributed by atoms with Crippen LogP contribution in [0.1, 0.15) is 12.5 Å². The minimum atomic E-state index is -0.247. The highest BCUT2D eigenvalue weighted by Crippen LogP contribution is 1.81. The molecule has 0 aromatic carbocycles. The van der Waals surface area contributed by atoms with Gasteiger partial charge < -0.3 is 4.98 Å². The summed E-state index contributed by atoms with van der Waals surface area (Å²) in [7, 11) is 0. The summed E-state index contributed by atoms with van der Waals surface area (Å²) in [6.07, 6.45) is 1.50. The van der Waals surface area contributed by atoms with Crippen LogP contribution in [0.4, 0.5) is 0 Å². The van der Waals surface area contributed by atoms with Crippen molar-refractivity contribution in [1.29, 1.82) is 0 Å². The van der Waals surface area contributed by atoms with Gasteiger partial charge in [-0.15, -0.1) is 5.92 Å². The van der Waals surface area contributed by atoms with E-state index in [9.17, 15) is 4.79 Å². The highest BCUT2D eigenvalue weighted by molar-refractivity contribution is 7.71. The summed E-state index contributed by atoms with van der Waals surface area (Å²) in [5.41, 5.74) is 0.157. The van der Waals surface area contributed by atoms with Gasteiger partial charge in [0.1, 0.15) is 5.56 Å². The molecule has 11 heavy (non-hydrogen) atoms. The van der Waals surface area contributed by atoms with E-state index in [4.69, 9.17) is 0 Å². The normalized spacial score (nSPS) is 8.45. The monoisotopic (exact) mass is 166 g/mol. The third-order valence-corrected chi connectivity index (χ3v) is 1.30. The van der Waals surface area contributed by atoms with E-state index in [0.717, 1.165) is 0 Å². The lowest BCUT2D eigenvalue weighted by molar-refractivity contribution is 1.08. The zero-order valence-electron chi connectivity index (χ0n) is 5.89. The molecule has 0 atom stereocenters. The lowest BCUT2D eigenvalue weighted by Gasteiger charge is -1.86. The van der Waals surface area contributed by atoms with Gasteiger partial charge in [0.15, 0.2) is 4.77 Å². The first-order valence-electron chi connectivity index (χ1n) is 2.99. The molecule has 0 saturated heterocycles. The molecule has 0 radical (unpaired) electrons. The van der Waals surface area contributed by atoms with Crippen molar-refractivity contribution < 1.29 is 0 Å². The van der Waals surface area contributed by atoms with Crippen molar-refractivity contribution in [3.05, 3.63) is 26.9 Å². The lowest BCUT2D eigenvalue weighted by atomic mass is 10.3. The second-order valence-corrected chi connectivity index (χ2v) is 2.27. The topological polar surface area (TPSA) is 48.6 Å². The van der Waals surface area contributed by atoms with Crippen LogP contribution in [0.25, 0.3) is 0 Å². The van der Waals surface area contributed by atoms with E-state index in [0.29, 0.717) is 10.3 Å². The number of hydrogen-bond donors (Lipinski definition) is 2. The van der Waals surface area contributed by atoms with Crippen LogP contribution >= 0.6 is 12.2 Å². The van der Waals surface area contributed by atoms with Crippen LogP contribution in [0.3, 0.4) is 0 Å². The molecule has 4 heteroatoms. The Morgan fingerprint density at radius 2 is 2.36 bits per heavy atom. The molecular formula is C7H6N2OS. The van der Waals surface area contributed by atoms with Crippen molar-refractivity contribution in [3.63, 3.8) is 0 Å². The predicted octanol–water partition coefficient (Wildman–Crippen LogP) is 0.804. The lowest BCUT2D eigenvalue weighted by Crippen LogP contribution is -2.10. The quantitative estimate of drug-likeness (QED) is 0.442. The number of rotatable bonds is 0. The Bertz CT molecular complexity index is 418. The Hall–Kier alpha value is -1.34. The minimum absolute atomic E-state index is 0.247. The van der Waals surface area contributed by atoms with Crippen LogP contribution in [0.2, 0.25) is 0 Å². The van der Waals surface area contributed by atoms with E-state index in [1.54, 1.807) is 6.92 Å². The number of aromatic nitrogens is 2. The fraction of sp³-hybridized carbons (Fsp3) is 0.143. The maximum atomic E-state index is 11.0. The molecule has 3 nitrogen and oxygen atoms in total. The highest BCUT2D eigenvalue weighted by atomic mass is 32.1. The van der Waals surface area contributed by atoms with Gasteiger partial charge >= 0.3 is 0 Å². The fourth-order valence-corrected chi connectivity index (χ4v) is 0.789. The second kappa shape index (κ2) is 3.17. The molecule has 0 bridgehead atoms. The van der Waals surface area contributed by atoms with Crippen molar-refractivity contribution in [1.82, 2.24) is 9.97 Å². The Balaban J connectivity index is 3.39. The van der Waals surface area contributed by atoms with E-state index < -0.39 is 0 Å². The first-order chi connectivity index (χ1) is 5.24. The van der Waals surface area contributed by atoms with E-state index >= 15 is 0 Å². The molecule has 1 aromatic rings. The maximum absolute atomic E-state index is 11.0. The molecule has 0 aliphatic heterocycles. The van der Waals surface area contributed by atoms with Crippen LogP contribution in [0.5, 0.6) is 0 Å².